The summed E-state index contributed by atoms with van der Waals surface area (Å²) >= 11 is 0. The summed E-state index contributed by atoms with van der Waals surface area (Å²) < 4.78 is 0. The molecule has 3 heteroatoms. The normalized spacial score (nSPS) is 36.0. The number of nitrogens with zero attached hydrogens (tertiary/aromatic N) is 1. The Balaban J connectivity index is 1.40. The first-order valence-corrected chi connectivity index (χ1v) is 7.60. The first-order chi connectivity index (χ1) is 8.42. The lowest BCUT2D eigenvalue weighted by Gasteiger charge is -2.36. The van der Waals surface area contributed by atoms with Crippen molar-refractivity contribution in [2.45, 2.75) is 50.6 Å². The monoisotopic (exact) mass is 237 g/mol. The lowest BCUT2D eigenvalue weighted by Crippen LogP contribution is -2.47. The second kappa shape index (κ2) is 5.68. The second-order valence-corrected chi connectivity index (χ2v) is 6.15. The molecule has 3 fully saturated rings. The van der Waals surface area contributed by atoms with Crippen molar-refractivity contribution in [3.8, 4) is 0 Å². The van der Waals surface area contributed by atoms with Gasteiger partial charge in [0, 0.05) is 12.1 Å². The van der Waals surface area contributed by atoms with Gasteiger partial charge in [0.05, 0.1) is 0 Å². The third-order valence-electron chi connectivity index (χ3n) is 4.97. The van der Waals surface area contributed by atoms with Crippen LogP contribution in [0.15, 0.2) is 0 Å². The number of fused-ring (bicyclic) bond motifs is 1. The average Bonchev–Trinajstić information content (AvgIpc) is 2.85. The summed E-state index contributed by atoms with van der Waals surface area (Å²) in [4.78, 5) is 2.71. The van der Waals surface area contributed by atoms with E-state index < -0.39 is 0 Å². The third-order valence-corrected chi connectivity index (χ3v) is 4.97. The Morgan fingerprint density at radius 2 is 1.94 bits per heavy atom. The van der Waals surface area contributed by atoms with Gasteiger partial charge >= 0.3 is 0 Å². The van der Waals surface area contributed by atoms with Crippen LogP contribution in [-0.2, 0) is 0 Å². The van der Waals surface area contributed by atoms with E-state index in [9.17, 15) is 0 Å². The molecule has 98 valence electrons. The molecule has 2 N–H and O–H groups in total. The minimum absolute atomic E-state index is 0.809. The zero-order valence-corrected chi connectivity index (χ0v) is 11.0. The fraction of sp³-hybridized carbons (Fsp3) is 1.00. The van der Waals surface area contributed by atoms with Gasteiger partial charge in [-0.1, -0.05) is 0 Å². The van der Waals surface area contributed by atoms with Gasteiger partial charge in [-0.25, -0.2) is 0 Å². The molecule has 3 aliphatic rings. The van der Waals surface area contributed by atoms with Gasteiger partial charge in [-0.05, 0) is 77.2 Å². The standard InChI is InChI=1S/C14H27N3/c1-2-14-10-13(5-9-17(14)8-1)16-11-12-3-6-15-7-4-12/h12-16H,1-11H2. The van der Waals surface area contributed by atoms with Crippen LogP contribution in [0.3, 0.4) is 0 Å². The molecular formula is C14H27N3. The number of hydrogen-bond acceptors (Lipinski definition) is 3. The van der Waals surface area contributed by atoms with Crippen molar-refractivity contribution in [3.63, 3.8) is 0 Å². The van der Waals surface area contributed by atoms with Crippen molar-refractivity contribution < 1.29 is 0 Å². The highest BCUT2D eigenvalue weighted by Crippen LogP contribution is 2.27. The first-order valence-electron chi connectivity index (χ1n) is 7.60. The Kier molecular flexibility index (Phi) is 3.99. The Morgan fingerprint density at radius 3 is 2.82 bits per heavy atom. The molecule has 3 nitrogen and oxygen atoms in total. The molecule has 0 radical (unpaired) electrons. The molecule has 17 heavy (non-hydrogen) atoms. The van der Waals surface area contributed by atoms with Gasteiger partial charge in [0.2, 0.25) is 0 Å². The molecule has 3 aliphatic heterocycles. The number of piperidine rings is 2. The zero-order chi connectivity index (χ0) is 11.5. The minimum atomic E-state index is 0.809. The van der Waals surface area contributed by atoms with Crippen LogP contribution in [0.4, 0.5) is 0 Å². The Bertz CT molecular complexity index is 238. The highest BCUT2D eigenvalue weighted by Gasteiger charge is 2.31. The van der Waals surface area contributed by atoms with E-state index in [2.05, 4.69) is 15.5 Å². The van der Waals surface area contributed by atoms with Crippen molar-refractivity contribution in [1.29, 1.82) is 0 Å². The summed E-state index contributed by atoms with van der Waals surface area (Å²) in [5.74, 6) is 0.929. The van der Waals surface area contributed by atoms with Crippen molar-refractivity contribution in [1.82, 2.24) is 15.5 Å². The minimum Gasteiger partial charge on any atom is -0.317 e. The molecule has 3 heterocycles. The van der Waals surface area contributed by atoms with Crippen LogP contribution in [0.5, 0.6) is 0 Å². The molecule has 0 aromatic rings. The van der Waals surface area contributed by atoms with Gasteiger partial charge in [0.25, 0.3) is 0 Å². The topological polar surface area (TPSA) is 27.3 Å². The van der Waals surface area contributed by atoms with E-state index >= 15 is 0 Å². The molecule has 0 saturated carbocycles. The number of rotatable bonds is 3. The number of nitrogens with one attached hydrogen (secondary N) is 2. The molecular weight excluding hydrogens is 210 g/mol. The van der Waals surface area contributed by atoms with E-state index in [-0.39, 0.29) is 0 Å². The lowest BCUT2D eigenvalue weighted by atomic mass is 9.94. The fourth-order valence-electron chi connectivity index (χ4n) is 3.83. The van der Waals surface area contributed by atoms with Gasteiger partial charge in [-0.2, -0.15) is 0 Å². The SMILES string of the molecule is C1CC2CC(NCC3CCNCC3)CCN2C1. The second-order valence-electron chi connectivity index (χ2n) is 6.15. The molecule has 0 amide bonds. The summed E-state index contributed by atoms with van der Waals surface area (Å²) in [6, 6.07) is 1.72. The molecule has 3 saturated heterocycles. The van der Waals surface area contributed by atoms with E-state index in [4.69, 9.17) is 0 Å². The van der Waals surface area contributed by atoms with Gasteiger partial charge in [0.15, 0.2) is 0 Å². The van der Waals surface area contributed by atoms with E-state index in [0.717, 1.165) is 18.0 Å². The molecule has 0 aromatic carbocycles. The zero-order valence-electron chi connectivity index (χ0n) is 11.0. The first kappa shape index (κ1) is 11.9. The predicted molar refractivity (Wildman–Crippen MR) is 71.2 cm³/mol. The highest BCUT2D eigenvalue weighted by atomic mass is 15.2. The predicted octanol–water partition coefficient (Wildman–Crippen LogP) is 1.20. The van der Waals surface area contributed by atoms with Crippen LogP contribution in [0.1, 0.15) is 38.5 Å². The molecule has 3 rings (SSSR count). The van der Waals surface area contributed by atoms with E-state index in [1.807, 2.05) is 0 Å². The van der Waals surface area contributed by atoms with Crippen molar-refractivity contribution in [3.05, 3.63) is 0 Å². The maximum absolute atomic E-state index is 3.85. The van der Waals surface area contributed by atoms with Crippen molar-refractivity contribution >= 4 is 0 Å². The smallest absolute Gasteiger partial charge is 0.0111 e. The van der Waals surface area contributed by atoms with Crippen molar-refractivity contribution in [2.24, 2.45) is 5.92 Å². The fourth-order valence-corrected chi connectivity index (χ4v) is 3.83. The number of hydrogen-bond donors (Lipinski definition) is 2. The van der Waals surface area contributed by atoms with Crippen LogP contribution >= 0.6 is 0 Å². The maximum Gasteiger partial charge on any atom is 0.0111 e. The molecule has 2 atom stereocenters. The molecule has 0 aliphatic carbocycles. The van der Waals surface area contributed by atoms with E-state index in [0.29, 0.717) is 0 Å². The molecule has 0 aromatic heterocycles. The van der Waals surface area contributed by atoms with E-state index in [1.165, 1.54) is 71.2 Å². The third kappa shape index (κ3) is 3.01. The van der Waals surface area contributed by atoms with Crippen LogP contribution in [0, 0.1) is 5.92 Å². The molecule has 0 bridgehead atoms. The molecule has 2 unspecified atom stereocenters. The maximum atomic E-state index is 3.85. The highest BCUT2D eigenvalue weighted by molar-refractivity contribution is 4.89. The summed E-state index contributed by atoms with van der Waals surface area (Å²) in [5, 5.41) is 7.30. The Hall–Kier alpha value is -0.120. The average molecular weight is 237 g/mol. The van der Waals surface area contributed by atoms with Gasteiger partial charge in [-0.15, -0.1) is 0 Å². The van der Waals surface area contributed by atoms with Gasteiger partial charge < -0.3 is 15.5 Å². The van der Waals surface area contributed by atoms with Crippen molar-refractivity contribution in [2.75, 3.05) is 32.7 Å². The lowest BCUT2D eigenvalue weighted by molar-refractivity contribution is 0.163. The van der Waals surface area contributed by atoms with Crippen LogP contribution in [0.2, 0.25) is 0 Å². The summed E-state index contributed by atoms with van der Waals surface area (Å²) in [6.07, 6.45) is 8.41. The summed E-state index contributed by atoms with van der Waals surface area (Å²) in [6.45, 7) is 6.43. The Labute approximate surface area is 105 Å². The Morgan fingerprint density at radius 1 is 1.06 bits per heavy atom. The van der Waals surface area contributed by atoms with Crippen LogP contribution in [0.25, 0.3) is 0 Å². The van der Waals surface area contributed by atoms with Gasteiger partial charge in [-0.3, -0.25) is 0 Å². The van der Waals surface area contributed by atoms with Gasteiger partial charge in [0.1, 0.15) is 0 Å². The quantitative estimate of drug-likeness (QED) is 0.772. The molecule has 0 spiro atoms. The van der Waals surface area contributed by atoms with E-state index in [1.54, 1.807) is 0 Å². The van der Waals surface area contributed by atoms with Crippen LogP contribution < -0.4 is 10.6 Å². The largest absolute Gasteiger partial charge is 0.317 e. The summed E-state index contributed by atoms with van der Waals surface area (Å²) in [5.41, 5.74) is 0. The summed E-state index contributed by atoms with van der Waals surface area (Å²) in [7, 11) is 0. The van der Waals surface area contributed by atoms with Crippen LogP contribution in [-0.4, -0.2) is 49.7 Å².